The second-order valence-corrected chi connectivity index (χ2v) is 6.70. The van der Waals surface area contributed by atoms with Crippen molar-refractivity contribution in [1.82, 2.24) is 4.90 Å². The maximum absolute atomic E-state index is 12.6. The van der Waals surface area contributed by atoms with Gasteiger partial charge in [-0.3, -0.25) is 4.79 Å². The molecule has 0 aliphatic rings. The number of carbonyl (C=O) groups is 1. The summed E-state index contributed by atoms with van der Waals surface area (Å²) in [4.78, 5) is 14.3. The van der Waals surface area contributed by atoms with Gasteiger partial charge in [-0.25, -0.2) is 0 Å². The van der Waals surface area contributed by atoms with Crippen LogP contribution in [0.2, 0.25) is 0 Å². The first-order chi connectivity index (χ1) is 10.8. The average Bonchev–Trinajstić information content (AvgIpc) is 2.52. The zero-order valence-electron chi connectivity index (χ0n) is 14.6. The van der Waals surface area contributed by atoms with Crippen LogP contribution in [0.5, 0.6) is 11.5 Å². The third kappa shape index (κ3) is 5.39. The van der Waals surface area contributed by atoms with Crippen molar-refractivity contribution >= 4 is 21.8 Å². The zero-order chi connectivity index (χ0) is 17.6. The van der Waals surface area contributed by atoms with Gasteiger partial charge in [-0.1, -0.05) is 13.8 Å². The molecule has 1 aromatic rings. The number of benzene rings is 1. The van der Waals surface area contributed by atoms with E-state index in [4.69, 9.17) is 15.2 Å². The fourth-order valence-corrected chi connectivity index (χ4v) is 2.68. The van der Waals surface area contributed by atoms with E-state index in [0.29, 0.717) is 40.6 Å². The number of nitrogens with two attached hydrogens (primary N) is 1. The quantitative estimate of drug-likeness (QED) is 0.744. The molecule has 1 atom stereocenters. The maximum Gasteiger partial charge on any atom is 0.253 e. The summed E-state index contributed by atoms with van der Waals surface area (Å²) in [5.41, 5.74) is 6.60. The minimum Gasteiger partial charge on any atom is -0.493 e. The van der Waals surface area contributed by atoms with Crippen LogP contribution in [-0.2, 0) is 0 Å². The van der Waals surface area contributed by atoms with Gasteiger partial charge in [0.05, 0.1) is 18.2 Å². The van der Waals surface area contributed by atoms with Crippen LogP contribution in [0.4, 0.5) is 0 Å². The van der Waals surface area contributed by atoms with Gasteiger partial charge in [-0.05, 0) is 47.3 Å². The molecular formula is C17H27BrN2O3. The molecule has 0 fully saturated rings. The summed E-state index contributed by atoms with van der Waals surface area (Å²) < 4.78 is 11.6. The van der Waals surface area contributed by atoms with E-state index in [1.807, 2.05) is 6.92 Å². The lowest BCUT2D eigenvalue weighted by Gasteiger charge is -2.22. The molecule has 1 rings (SSSR count). The highest BCUT2D eigenvalue weighted by atomic mass is 79.9. The normalized spacial score (nSPS) is 12.2. The van der Waals surface area contributed by atoms with Gasteiger partial charge in [-0.2, -0.15) is 0 Å². The Bertz CT molecular complexity index is 535. The van der Waals surface area contributed by atoms with Crippen molar-refractivity contribution in [3.63, 3.8) is 0 Å². The number of carbonyl (C=O) groups excluding carboxylic acids is 1. The molecule has 0 radical (unpaired) electrons. The summed E-state index contributed by atoms with van der Waals surface area (Å²) in [5.74, 6) is 1.48. The second-order valence-electron chi connectivity index (χ2n) is 5.85. The third-order valence-electron chi connectivity index (χ3n) is 3.77. The van der Waals surface area contributed by atoms with E-state index in [1.54, 1.807) is 31.2 Å². The summed E-state index contributed by atoms with van der Waals surface area (Å²) >= 11 is 3.44. The fraction of sp³-hybridized carbons (Fsp3) is 0.588. The van der Waals surface area contributed by atoms with E-state index >= 15 is 0 Å². The van der Waals surface area contributed by atoms with E-state index in [9.17, 15) is 4.79 Å². The van der Waals surface area contributed by atoms with Crippen LogP contribution >= 0.6 is 15.9 Å². The summed E-state index contributed by atoms with van der Waals surface area (Å²) in [6.07, 6.45) is 0.773. The van der Waals surface area contributed by atoms with Gasteiger partial charge in [-0.15, -0.1) is 0 Å². The number of nitrogens with zero attached hydrogens (tertiary/aromatic N) is 1. The van der Waals surface area contributed by atoms with Gasteiger partial charge in [0.1, 0.15) is 0 Å². The molecule has 1 amide bonds. The van der Waals surface area contributed by atoms with Crippen LogP contribution in [0.1, 0.15) is 37.6 Å². The van der Waals surface area contributed by atoms with E-state index in [-0.39, 0.29) is 11.9 Å². The number of hydrogen-bond acceptors (Lipinski definition) is 4. The van der Waals surface area contributed by atoms with Crippen LogP contribution in [0, 0.1) is 5.92 Å². The van der Waals surface area contributed by atoms with Crippen molar-refractivity contribution in [2.75, 3.05) is 27.3 Å². The fourth-order valence-electron chi connectivity index (χ4n) is 2.13. The zero-order valence-corrected chi connectivity index (χ0v) is 16.1. The highest BCUT2D eigenvalue weighted by Gasteiger charge is 2.19. The lowest BCUT2D eigenvalue weighted by atomic mass is 10.0. The Balaban J connectivity index is 2.89. The first kappa shape index (κ1) is 19.8. The van der Waals surface area contributed by atoms with Crippen LogP contribution in [-0.4, -0.2) is 44.2 Å². The Morgan fingerprint density at radius 2 is 2.04 bits per heavy atom. The third-order valence-corrected chi connectivity index (χ3v) is 4.35. The first-order valence-corrected chi connectivity index (χ1v) is 8.62. The van der Waals surface area contributed by atoms with Crippen molar-refractivity contribution in [3.8, 4) is 11.5 Å². The molecule has 5 nitrogen and oxygen atoms in total. The van der Waals surface area contributed by atoms with Gasteiger partial charge in [0.25, 0.3) is 5.91 Å². The SMILES string of the molecule is CCOc1c(Br)cc(C(=O)N(C)CCC(N)C(C)C)cc1OC. The van der Waals surface area contributed by atoms with Crippen LogP contribution < -0.4 is 15.2 Å². The van der Waals surface area contributed by atoms with E-state index < -0.39 is 0 Å². The number of amides is 1. The average molecular weight is 387 g/mol. The van der Waals surface area contributed by atoms with Gasteiger partial charge >= 0.3 is 0 Å². The first-order valence-electron chi connectivity index (χ1n) is 7.83. The van der Waals surface area contributed by atoms with Crippen LogP contribution in [0.15, 0.2) is 16.6 Å². The second kappa shape index (κ2) is 9.13. The molecule has 23 heavy (non-hydrogen) atoms. The molecule has 0 aliphatic carbocycles. The standard InChI is InChI=1S/C17H27BrN2O3/c1-6-23-16-13(18)9-12(10-15(16)22-5)17(21)20(4)8-7-14(19)11(2)3/h9-11,14H,6-8,19H2,1-5H3. The molecule has 1 unspecified atom stereocenters. The monoisotopic (exact) mass is 386 g/mol. The Morgan fingerprint density at radius 3 is 2.57 bits per heavy atom. The predicted octanol–water partition coefficient (Wildman–Crippen LogP) is 3.30. The molecule has 0 heterocycles. The van der Waals surface area contributed by atoms with Crippen molar-refractivity contribution < 1.29 is 14.3 Å². The highest BCUT2D eigenvalue weighted by molar-refractivity contribution is 9.10. The smallest absolute Gasteiger partial charge is 0.253 e. The Hall–Kier alpha value is -1.27. The minimum atomic E-state index is -0.0667. The van der Waals surface area contributed by atoms with Gasteiger partial charge in [0.15, 0.2) is 11.5 Å². The number of ether oxygens (including phenoxy) is 2. The summed E-state index contributed by atoms with van der Waals surface area (Å²) in [6, 6.07) is 3.55. The molecule has 0 saturated heterocycles. The maximum atomic E-state index is 12.6. The highest BCUT2D eigenvalue weighted by Crippen LogP contribution is 2.36. The topological polar surface area (TPSA) is 64.8 Å². The van der Waals surface area contributed by atoms with E-state index in [2.05, 4.69) is 29.8 Å². The Kier molecular flexibility index (Phi) is 7.85. The molecule has 0 aromatic heterocycles. The molecular weight excluding hydrogens is 360 g/mol. The molecule has 0 spiro atoms. The molecule has 0 aliphatic heterocycles. The summed E-state index contributed by atoms with van der Waals surface area (Å²) in [6.45, 7) is 7.21. The van der Waals surface area contributed by atoms with E-state index in [1.165, 1.54) is 0 Å². The molecule has 2 N–H and O–H groups in total. The lowest BCUT2D eigenvalue weighted by molar-refractivity contribution is 0.0788. The summed E-state index contributed by atoms with van der Waals surface area (Å²) in [7, 11) is 3.34. The number of methoxy groups -OCH3 is 1. The van der Waals surface area contributed by atoms with Crippen molar-refractivity contribution in [2.24, 2.45) is 11.7 Å². The largest absolute Gasteiger partial charge is 0.493 e. The van der Waals surface area contributed by atoms with Gasteiger partial charge < -0.3 is 20.1 Å². The minimum absolute atomic E-state index is 0.0667. The number of rotatable bonds is 8. The molecule has 0 saturated carbocycles. The Labute approximate surface area is 147 Å². The Morgan fingerprint density at radius 1 is 1.39 bits per heavy atom. The molecule has 0 bridgehead atoms. The number of hydrogen-bond donors (Lipinski definition) is 1. The number of halogens is 1. The van der Waals surface area contributed by atoms with Crippen molar-refractivity contribution in [2.45, 2.75) is 33.2 Å². The molecule has 1 aromatic carbocycles. The van der Waals surface area contributed by atoms with Crippen molar-refractivity contribution in [3.05, 3.63) is 22.2 Å². The van der Waals surface area contributed by atoms with E-state index in [0.717, 1.165) is 6.42 Å². The molecule has 6 heteroatoms. The molecule has 130 valence electrons. The van der Waals surface area contributed by atoms with Crippen LogP contribution in [0.25, 0.3) is 0 Å². The van der Waals surface area contributed by atoms with Gasteiger partial charge in [0, 0.05) is 25.2 Å². The van der Waals surface area contributed by atoms with Crippen molar-refractivity contribution in [1.29, 1.82) is 0 Å². The predicted molar refractivity (Wildman–Crippen MR) is 96.3 cm³/mol. The lowest BCUT2D eigenvalue weighted by Crippen LogP contribution is -2.34. The summed E-state index contributed by atoms with van der Waals surface area (Å²) in [5, 5.41) is 0. The van der Waals surface area contributed by atoms with Crippen LogP contribution in [0.3, 0.4) is 0 Å². The van der Waals surface area contributed by atoms with Gasteiger partial charge in [0.2, 0.25) is 0 Å².